The number of carbonyl (C=O) groups excluding carboxylic acids is 1. The minimum atomic E-state index is -0.509. The van der Waals surface area contributed by atoms with Gasteiger partial charge in [0.25, 0.3) is 11.6 Å². The number of hydrogen-bond donors (Lipinski definition) is 1. The van der Waals surface area contributed by atoms with Gasteiger partial charge in [-0.05, 0) is 52.7 Å². The Kier molecular flexibility index (Phi) is 4.74. The number of nitro groups is 1. The fourth-order valence-corrected chi connectivity index (χ4v) is 2.74. The fourth-order valence-electron chi connectivity index (χ4n) is 1.78. The van der Waals surface area contributed by atoms with Crippen molar-refractivity contribution in [2.24, 2.45) is 0 Å². The number of nitro benzene ring substituents is 1. The highest BCUT2D eigenvalue weighted by Crippen LogP contribution is 2.28. The van der Waals surface area contributed by atoms with E-state index in [1.165, 1.54) is 18.2 Å². The molecule has 0 fully saturated rings. The molecule has 21 heavy (non-hydrogen) atoms. The van der Waals surface area contributed by atoms with Gasteiger partial charge in [0.1, 0.15) is 0 Å². The largest absolute Gasteiger partial charge is 0.321 e. The van der Waals surface area contributed by atoms with Gasteiger partial charge >= 0.3 is 0 Å². The van der Waals surface area contributed by atoms with Gasteiger partial charge in [0.15, 0.2) is 0 Å². The molecule has 0 heterocycles. The SMILES string of the molecule is Cc1cc(Br)cc(C(=O)Nc2cc([N+](=O)[O-])ccc2Br)c1. The fraction of sp³-hybridized carbons (Fsp3) is 0.0714. The number of nitrogens with one attached hydrogen (secondary N) is 1. The van der Waals surface area contributed by atoms with Crippen molar-refractivity contribution >= 4 is 49.1 Å². The van der Waals surface area contributed by atoms with Crippen molar-refractivity contribution in [3.63, 3.8) is 0 Å². The molecular formula is C14H10Br2N2O3. The first-order valence-corrected chi connectivity index (χ1v) is 7.48. The van der Waals surface area contributed by atoms with Gasteiger partial charge in [0.2, 0.25) is 0 Å². The number of anilines is 1. The Morgan fingerprint density at radius 1 is 1.19 bits per heavy atom. The van der Waals surface area contributed by atoms with Crippen LogP contribution in [-0.4, -0.2) is 10.8 Å². The molecule has 0 unspecified atom stereocenters. The monoisotopic (exact) mass is 412 g/mol. The van der Waals surface area contributed by atoms with E-state index in [1.54, 1.807) is 12.1 Å². The summed E-state index contributed by atoms with van der Waals surface area (Å²) in [5.74, 6) is -0.333. The van der Waals surface area contributed by atoms with E-state index < -0.39 is 4.92 Å². The summed E-state index contributed by atoms with van der Waals surface area (Å²) in [5, 5.41) is 13.4. The maximum Gasteiger partial charge on any atom is 0.271 e. The maximum atomic E-state index is 12.2. The molecule has 108 valence electrons. The van der Waals surface area contributed by atoms with E-state index in [0.717, 1.165) is 10.0 Å². The van der Waals surface area contributed by atoms with Crippen molar-refractivity contribution in [3.8, 4) is 0 Å². The zero-order chi connectivity index (χ0) is 15.6. The summed E-state index contributed by atoms with van der Waals surface area (Å²) >= 11 is 6.60. The van der Waals surface area contributed by atoms with Crippen LogP contribution in [0.3, 0.4) is 0 Å². The lowest BCUT2D eigenvalue weighted by atomic mass is 10.1. The second-order valence-electron chi connectivity index (χ2n) is 4.39. The number of carbonyl (C=O) groups is 1. The third-order valence-electron chi connectivity index (χ3n) is 2.71. The van der Waals surface area contributed by atoms with Crippen molar-refractivity contribution in [1.82, 2.24) is 0 Å². The number of aryl methyl sites for hydroxylation is 1. The summed E-state index contributed by atoms with van der Waals surface area (Å²) in [4.78, 5) is 22.5. The summed E-state index contributed by atoms with van der Waals surface area (Å²) in [5.41, 5.74) is 1.68. The zero-order valence-electron chi connectivity index (χ0n) is 10.9. The molecule has 2 aromatic rings. The van der Waals surface area contributed by atoms with Crippen molar-refractivity contribution in [2.45, 2.75) is 6.92 Å². The minimum absolute atomic E-state index is 0.0843. The zero-order valence-corrected chi connectivity index (χ0v) is 14.1. The molecule has 2 rings (SSSR count). The first kappa shape index (κ1) is 15.7. The summed E-state index contributed by atoms with van der Waals surface area (Å²) in [6, 6.07) is 9.52. The van der Waals surface area contributed by atoms with Gasteiger partial charge in [0, 0.05) is 26.6 Å². The topological polar surface area (TPSA) is 72.2 Å². The molecular weight excluding hydrogens is 404 g/mol. The Balaban J connectivity index is 2.31. The summed E-state index contributed by atoms with van der Waals surface area (Å²) in [6.45, 7) is 1.88. The Morgan fingerprint density at radius 2 is 1.90 bits per heavy atom. The van der Waals surface area contributed by atoms with Crippen LogP contribution < -0.4 is 5.32 Å². The van der Waals surface area contributed by atoms with Gasteiger partial charge in [0.05, 0.1) is 10.6 Å². The Hall–Kier alpha value is -1.73. The highest BCUT2D eigenvalue weighted by atomic mass is 79.9. The van der Waals surface area contributed by atoms with E-state index in [4.69, 9.17) is 0 Å². The highest BCUT2D eigenvalue weighted by Gasteiger charge is 2.13. The predicted molar refractivity (Wildman–Crippen MR) is 87.6 cm³/mol. The third-order valence-corrected chi connectivity index (χ3v) is 3.86. The molecule has 0 saturated heterocycles. The van der Waals surface area contributed by atoms with E-state index in [2.05, 4.69) is 37.2 Å². The van der Waals surface area contributed by atoms with Crippen LogP contribution in [0.5, 0.6) is 0 Å². The molecule has 0 radical (unpaired) electrons. The van der Waals surface area contributed by atoms with E-state index in [9.17, 15) is 14.9 Å². The second-order valence-corrected chi connectivity index (χ2v) is 6.16. The van der Waals surface area contributed by atoms with Crippen LogP contribution in [0, 0.1) is 17.0 Å². The van der Waals surface area contributed by atoms with E-state index >= 15 is 0 Å². The molecule has 0 aliphatic heterocycles. The third kappa shape index (κ3) is 3.89. The molecule has 1 amide bonds. The average Bonchev–Trinajstić information content (AvgIpc) is 2.39. The molecule has 1 N–H and O–H groups in total. The van der Waals surface area contributed by atoms with Gasteiger partial charge < -0.3 is 5.32 Å². The van der Waals surface area contributed by atoms with Crippen molar-refractivity contribution < 1.29 is 9.72 Å². The Bertz CT molecular complexity index is 712. The lowest BCUT2D eigenvalue weighted by Gasteiger charge is -2.08. The molecule has 0 aliphatic carbocycles. The second kappa shape index (κ2) is 6.36. The molecule has 5 nitrogen and oxygen atoms in total. The van der Waals surface area contributed by atoms with Gasteiger partial charge in [-0.2, -0.15) is 0 Å². The van der Waals surface area contributed by atoms with Crippen LogP contribution >= 0.6 is 31.9 Å². The summed E-state index contributed by atoms with van der Waals surface area (Å²) in [7, 11) is 0. The molecule has 0 atom stereocenters. The summed E-state index contributed by atoms with van der Waals surface area (Å²) < 4.78 is 1.37. The molecule has 0 aliphatic rings. The first-order chi connectivity index (χ1) is 9.86. The number of nitrogens with zero attached hydrogens (tertiary/aromatic N) is 1. The summed E-state index contributed by atoms with van der Waals surface area (Å²) in [6.07, 6.45) is 0. The quantitative estimate of drug-likeness (QED) is 0.586. The van der Waals surface area contributed by atoms with E-state index in [-0.39, 0.29) is 11.6 Å². The number of rotatable bonds is 3. The van der Waals surface area contributed by atoms with Crippen molar-refractivity contribution in [3.05, 3.63) is 66.6 Å². The van der Waals surface area contributed by atoms with Gasteiger partial charge in [-0.1, -0.05) is 15.9 Å². The number of non-ortho nitro benzene ring substituents is 1. The average molecular weight is 414 g/mol. The predicted octanol–water partition coefficient (Wildman–Crippen LogP) is 4.68. The Morgan fingerprint density at radius 3 is 2.52 bits per heavy atom. The van der Waals surface area contributed by atoms with Crippen LogP contribution in [0.2, 0.25) is 0 Å². The number of halogens is 2. The van der Waals surface area contributed by atoms with Gasteiger partial charge in [-0.15, -0.1) is 0 Å². The maximum absolute atomic E-state index is 12.2. The van der Waals surface area contributed by atoms with Gasteiger partial charge in [-0.25, -0.2) is 0 Å². The van der Waals surface area contributed by atoms with Crippen LogP contribution in [-0.2, 0) is 0 Å². The molecule has 7 heteroatoms. The molecule has 0 spiro atoms. The normalized spacial score (nSPS) is 10.2. The van der Waals surface area contributed by atoms with E-state index in [1.807, 2.05) is 13.0 Å². The highest BCUT2D eigenvalue weighted by molar-refractivity contribution is 9.10. The number of hydrogen-bond acceptors (Lipinski definition) is 3. The van der Waals surface area contributed by atoms with Crippen LogP contribution in [0.4, 0.5) is 11.4 Å². The number of benzene rings is 2. The molecule has 0 bridgehead atoms. The molecule has 0 saturated carbocycles. The van der Waals surface area contributed by atoms with Crippen LogP contribution in [0.25, 0.3) is 0 Å². The van der Waals surface area contributed by atoms with Crippen molar-refractivity contribution in [1.29, 1.82) is 0 Å². The smallest absolute Gasteiger partial charge is 0.271 e. The lowest BCUT2D eigenvalue weighted by Crippen LogP contribution is -2.12. The number of amides is 1. The lowest BCUT2D eigenvalue weighted by molar-refractivity contribution is -0.384. The minimum Gasteiger partial charge on any atom is -0.321 e. The van der Waals surface area contributed by atoms with Crippen LogP contribution in [0.15, 0.2) is 45.3 Å². The first-order valence-electron chi connectivity index (χ1n) is 5.89. The molecule has 0 aromatic heterocycles. The standard InChI is InChI=1S/C14H10Br2N2O3/c1-8-4-9(6-10(15)5-8)14(19)17-13-7-11(18(20)21)2-3-12(13)16/h2-7H,1H3,(H,17,19). The Labute approximate surface area is 137 Å². The van der Waals surface area contributed by atoms with Crippen molar-refractivity contribution in [2.75, 3.05) is 5.32 Å². The van der Waals surface area contributed by atoms with Gasteiger partial charge in [-0.3, -0.25) is 14.9 Å². The van der Waals surface area contributed by atoms with Crippen LogP contribution in [0.1, 0.15) is 15.9 Å². The molecule has 2 aromatic carbocycles. The van der Waals surface area contributed by atoms with E-state index in [0.29, 0.717) is 15.7 Å².